The molecule has 1 atom stereocenters. The van der Waals surface area contributed by atoms with Crippen molar-refractivity contribution in [3.8, 4) is 0 Å². The molecule has 2 amide bonds. The lowest BCUT2D eigenvalue weighted by Gasteiger charge is -2.35. The first-order valence-corrected chi connectivity index (χ1v) is 10.3. The standard InChI is InChI=1S/C21H30F3N3O3/c1-16(28)25-10-4-2-3-5-20(29)26-15-19(27-11-13-30-14-12-27)17-6-8-18(9-7-17)21(22,23)24/h6-9,19H,2-5,10-15H2,1H3,(H,25,28)(H,26,29). The van der Waals surface area contributed by atoms with Gasteiger partial charge < -0.3 is 15.4 Å². The summed E-state index contributed by atoms with van der Waals surface area (Å²) in [7, 11) is 0. The number of nitrogens with one attached hydrogen (secondary N) is 2. The molecular formula is C21H30F3N3O3. The van der Waals surface area contributed by atoms with Gasteiger partial charge in [0.25, 0.3) is 0 Å². The average molecular weight is 429 g/mol. The van der Waals surface area contributed by atoms with Gasteiger partial charge in [-0.1, -0.05) is 18.6 Å². The Morgan fingerprint density at radius 2 is 1.73 bits per heavy atom. The molecule has 1 heterocycles. The Labute approximate surface area is 175 Å². The van der Waals surface area contributed by atoms with Crippen molar-refractivity contribution in [3.63, 3.8) is 0 Å². The molecule has 168 valence electrons. The second kappa shape index (κ2) is 11.9. The van der Waals surface area contributed by atoms with E-state index >= 15 is 0 Å². The van der Waals surface area contributed by atoms with Crippen LogP contribution in [0.2, 0.25) is 0 Å². The first kappa shape index (κ1) is 24.1. The van der Waals surface area contributed by atoms with E-state index in [0.29, 0.717) is 52.2 Å². The van der Waals surface area contributed by atoms with Crippen molar-refractivity contribution in [2.45, 2.75) is 44.8 Å². The highest BCUT2D eigenvalue weighted by atomic mass is 19.4. The molecule has 1 aromatic rings. The van der Waals surface area contributed by atoms with Crippen LogP contribution in [0.25, 0.3) is 0 Å². The third-order valence-corrected chi connectivity index (χ3v) is 5.06. The largest absolute Gasteiger partial charge is 0.416 e. The third kappa shape index (κ3) is 8.31. The summed E-state index contributed by atoms with van der Waals surface area (Å²) in [5.74, 6) is -0.148. The summed E-state index contributed by atoms with van der Waals surface area (Å²) in [6.07, 6.45) is -1.63. The number of benzene rings is 1. The summed E-state index contributed by atoms with van der Waals surface area (Å²) in [5.41, 5.74) is 0.0517. The van der Waals surface area contributed by atoms with E-state index in [9.17, 15) is 22.8 Å². The van der Waals surface area contributed by atoms with Crippen LogP contribution in [0.5, 0.6) is 0 Å². The molecule has 2 N–H and O–H groups in total. The molecular weight excluding hydrogens is 399 g/mol. The fraction of sp³-hybridized carbons (Fsp3) is 0.619. The van der Waals surface area contributed by atoms with Gasteiger partial charge in [-0.25, -0.2) is 0 Å². The maximum atomic E-state index is 12.9. The molecule has 9 heteroatoms. The number of nitrogens with zero attached hydrogens (tertiary/aromatic N) is 1. The number of ether oxygens (including phenoxy) is 1. The molecule has 0 radical (unpaired) electrons. The number of hydrogen-bond donors (Lipinski definition) is 2. The molecule has 0 saturated carbocycles. The number of carbonyl (C=O) groups excluding carboxylic acids is 2. The minimum Gasteiger partial charge on any atom is -0.379 e. The van der Waals surface area contributed by atoms with Gasteiger partial charge >= 0.3 is 6.18 Å². The molecule has 1 fully saturated rings. The first-order chi connectivity index (χ1) is 14.3. The van der Waals surface area contributed by atoms with E-state index in [1.807, 2.05) is 0 Å². The van der Waals surface area contributed by atoms with Gasteiger partial charge in [-0.2, -0.15) is 13.2 Å². The summed E-state index contributed by atoms with van der Waals surface area (Å²) in [4.78, 5) is 25.1. The molecule has 2 rings (SSSR count). The Morgan fingerprint density at radius 1 is 1.07 bits per heavy atom. The fourth-order valence-corrected chi connectivity index (χ4v) is 3.39. The summed E-state index contributed by atoms with van der Waals surface area (Å²) < 4.78 is 44.0. The highest BCUT2D eigenvalue weighted by molar-refractivity contribution is 5.75. The molecule has 1 aromatic carbocycles. The predicted molar refractivity (Wildman–Crippen MR) is 107 cm³/mol. The number of amides is 2. The molecule has 0 spiro atoms. The van der Waals surface area contributed by atoms with Crippen molar-refractivity contribution in [1.29, 1.82) is 0 Å². The van der Waals surface area contributed by atoms with Crippen LogP contribution in [-0.4, -0.2) is 56.1 Å². The fourth-order valence-electron chi connectivity index (χ4n) is 3.39. The summed E-state index contributed by atoms with van der Waals surface area (Å²) >= 11 is 0. The molecule has 30 heavy (non-hydrogen) atoms. The SMILES string of the molecule is CC(=O)NCCCCCC(=O)NCC(c1ccc(C(F)(F)F)cc1)N1CCOCC1. The molecule has 0 aromatic heterocycles. The lowest BCUT2D eigenvalue weighted by atomic mass is 10.0. The minimum atomic E-state index is -4.37. The van der Waals surface area contributed by atoms with Crippen LogP contribution in [0, 0.1) is 0 Å². The Balaban J connectivity index is 1.88. The minimum absolute atomic E-state index is 0.0647. The number of rotatable bonds is 10. The Bertz CT molecular complexity index is 674. The van der Waals surface area contributed by atoms with Crippen LogP contribution >= 0.6 is 0 Å². The van der Waals surface area contributed by atoms with Crippen LogP contribution in [0.3, 0.4) is 0 Å². The van der Waals surface area contributed by atoms with Crippen molar-refractivity contribution in [2.24, 2.45) is 0 Å². The summed E-state index contributed by atoms with van der Waals surface area (Å²) in [6.45, 7) is 4.82. The lowest BCUT2D eigenvalue weighted by Crippen LogP contribution is -2.43. The zero-order chi connectivity index (χ0) is 22.0. The molecule has 6 nitrogen and oxygen atoms in total. The monoisotopic (exact) mass is 429 g/mol. The van der Waals surface area contributed by atoms with Crippen LogP contribution in [0.15, 0.2) is 24.3 Å². The van der Waals surface area contributed by atoms with Gasteiger partial charge in [-0.15, -0.1) is 0 Å². The van der Waals surface area contributed by atoms with Crippen molar-refractivity contribution >= 4 is 11.8 Å². The van der Waals surface area contributed by atoms with Gasteiger partial charge in [0.1, 0.15) is 0 Å². The Hall–Kier alpha value is -2.13. The van der Waals surface area contributed by atoms with Crippen molar-refractivity contribution in [1.82, 2.24) is 15.5 Å². The molecule has 1 unspecified atom stereocenters. The average Bonchev–Trinajstić information content (AvgIpc) is 2.71. The second-order valence-electron chi connectivity index (χ2n) is 7.38. The molecule has 1 saturated heterocycles. The van der Waals surface area contributed by atoms with Gasteiger partial charge in [0.2, 0.25) is 11.8 Å². The number of carbonyl (C=O) groups is 2. The zero-order valence-corrected chi connectivity index (χ0v) is 17.3. The Kier molecular flexibility index (Phi) is 9.58. The van der Waals surface area contributed by atoms with E-state index in [0.717, 1.165) is 30.5 Å². The third-order valence-electron chi connectivity index (χ3n) is 5.06. The zero-order valence-electron chi connectivity index (χ0n) is 17.3. The van der Waals surface area contributed by atoms with E-state index in [-0.39, 0.29) is 17.9 Å². The molecule has 1 aliphatic heterocycles. The number of hydrogen-bond acceptors (Lipinski definition) is 4. The van der Waals surface area contributed by atoms with Crippen molar-refractivity contribution in [3.05, 3.63) is 35.4 Å². The van der Waals surface area contributed by atoms with E-state index in [2.05, 4.69) is 15.5 Å². The number of unbranched alkanes of at least 4 members (excludes halogenated alkanes) is 2. The van der Waals surface area contributed by atoms with Crippen LogP contribution in [-0.2, 0) is 20.5 Å². The maximum Gasteiger partial charge on any atom is 0.416 e. The van der Waals surface area contributed by atoms with Crippen LogP contribution < -0.4 is 10.6 Å². The molecule has 0 bridgehead atoms. The predicted octanol–water partition coefficient (Wildman–Crippen LogP) is 2.89. The van der Waals surface area contributed by atoms with Crippen LogP contribution in [0.4, 0.5) is 13.2 Å². The van der Waals surface area contributed by atoms with Gasteiger partial charge in [-0.05, 0) is 30.5 Å². The number of alkyl halides is 3. The van der Waals surface area contributed by atoms with E-state index in [1.165, 1.54) is 19.1 Å². The van der Waals surface area contributed by atoms with E-state index < -0.39 is 11.7 Å². The van der Waals surface area contributed by atoms with Crippen LogP contribution in [0.1, 0.15) is 49.8 Å². The Morgan fingerprint density at radius 3 is 2.33 bits per heavy atom. The number of morpholine rings is 1. The normalized spacial score (nSPS) is 16.1. The maximum absolute atomic E-state index is 12.9. The highest BCUT2D eigenvalue weighted by Crippen LogP contribution is 2.31. The molecule has 1 aliphatic rings. The quantitative estimate of drug-likeness (QED) is 0.561. The molecule has 0 aliphatic carbocycles. The van der Waals surface area contributed by atoms with E-state index in [1.54, 1.807) is 0 Å². The first-order valence-electron chi connectivity index (χ1n) is 10.3. The summed E-state index contributed by atoms with van der Waals surface area (Å²) in [6, 6.07) is 4.92. The van der Waals surface area contributed by atoms with Gasteiger partial charge in [0.15, 0.2) is 0 Å². The topological polar surface area (TPSA) is 70.7 Å². The van der Waals surface area contributed by atoms with Gasteiger partial charge in [0.05, 0.1) is 24.8 Å². The van der Waals surface area contributed by atoms with E-state index in [4.69, 9.17) is 4.74 Å². The van der Waals surface area contributed by atoms with Gasteiger partial charge in [0, 0.05) is 39.5 Å². The second-order valence-corrected chi connectivity index (χ2v) is 7.38. The van der Waals surface area contributed by atoms with Gasteiger partial charge in [-0.3, -0.25) is 14.5 Å². The smallest absolute Gasteiger partial charge is 0.379 e. The highest BCUT2D eigenvalue weighted by Gasteiger charge is 2.31. The van der Waals surface area contributed by atoms with Crippen molar-refractivity contribution in [2.75, 3.05) is 39.4 Å². The summed E-state index contributed by atoms with van der Waals surface area (Å²) in [5, 5.41) is 5.63. The van der Waals surface area contributed by atoms with Crippen molar-refractivity contribution < 1.29 is 27.5 Å². The number of halogens is 3. The lowest BCUT2D eigenvalue weighted by molar-refractivity contribution is -0.137.